The van der Waals surface area contributed by atoms with Crippen molar-refractivity contribution in [2.45, 2.75) is 26.0 Å². The molecule has 3 N–H and O–H groups in total. The quantitative estimate of drug-likeness (QED) is 0.643. The van der Waals surface area contributed by atoms with Crippen LogP contribution in [0, 0.1) is 6.92 Å². The molecule has 16 heavy (non-hydrogen) atoms. The van der Waals surface area contributed by atoms with Crippen LogP contribution >= 0.6 is 0 Å². The van der Waals surface area contributed by atoms with Crippen LogP contribution in [0.15, 0.2) is 10.7 Å². The highest BCUT2D eigenvalue weighted by atomic mass is 16.5. The molecular weight excluding hydrogens is 216 g/mol. The minimum atomic E-state index is -1.38. The van der Waals surface area contributed by atoms with E-state index in [0.29, 0.717) is 5.56 Å². The molecule has 7 heteroatoms. The monoisotopic (exact) mass is 228 g/mol. The Kier molecular flexibility index (Phi) is 3.62. The van der Waals surface area contributed by atoms with Crippen LogP contribution in [0.25, 0.3) is 0 Å². The summed E-state index contributed by atoms with van der Waals surface area (Å²) in [5.74, 6) is -2.10. The van der Waals surface area contributed by atoms with Gasteiger partial charge in [-0.2, -0.15) is 0 Å². The number of carbonyl (C=O) groups is 2. The van der Waals surface area contributed by atoms with Gasteiger partial charge in [-0.3, -0.25) is 4.79 Å². The van der Waals surface area contributed by atoms with E-state index < -0.39 is 24.0 Å². The van der Waals surface area contributed by atoms with Crippen LogP contribution in [0.2, 0.25) is 0 Å². The van der Waals surface area contributed by atoms with Crippen molar-refractivity contribution in [3.05, 3.63) is 17.5 Å². The third-order valence-electron chi connectivity index (χ3n) is 1.99. The molecule has 2 unspecified atom stereocenters. The minimum Gasteiger partial charge on any atom is -0.480 e. The Morgan fingerprint density at radius 1 is 1.56 bits per heavy atom. The second-order valence-corrected chi connectivity index (χ2v) is 3.37. The van der Waals surface area contributed by atoms with Gasteiger partial charge in [-0.05, 0) is 13.8 Å². The number of nitrogens with zero attached hydrogens (tertiary/aromatic N) is 1. The first-order valence-electron chi connectivity index (χ1n) is 4.56. The Bertz CT molecular complexity index is 398. The van der Waals surface area contributed by atoms with E-state index in [1.807, 2.05) is 0 Å². The molecule has 1 rings (SSSR count). The van der Waals surface area contributed by atoms with Gasteiger partial charge >= 0.3 is 5.97 Å². The van der Waals surface area contributed by atoms with E-state index in [2.05, 4.69) is 15.0 Å². The molecule has 1 aromatic heterocycles. The molecule has 88 valence electrons. The molecule has 2 atom stereocenters. The number of aromatic nitrogens is 1. The number of carboxylic acid groups (broad SMARTS) is 1. The summed E-state index contributed by atoms with van der Waals surface area (Å²) in [6.07, 6.45) is 0.136. The maximum atomic E-state index is 11.5. The molecule has 0 aliphatic heterocycles. The number of hydrogen-bond acceptors (Lipinski definition) is 5. The summed E-state index contributed by atoms with van der Waals surface area (Å²) in [5.41, 5.74) is 0.493. The summed E-state index contributed by atoms with van der Waals surface area (Å²) in [6.45, 7) is 2.87. The van der Waals surface area contributed by atoms with Gasteiger partial charge in [0.05, 0.1) is 12.3 Å². The third-order valence-corrected chi connectivity index (χ3v) is 1.99. The molecule has 7 nitrogen and oxygen atoms in total. The van der Waals surface area contributed by atoms with Crippen LogP contribution in [0.3, 0.4) is 0 Å². The lowest BCUT2D eigenvalue weighted by Gasteiger charge is -2.15. The highest BCUT2D eigenvalue weighted by Gasteiger charge is 2.27. The zero-order valence-corrected chi connectivity index (χ0v) is 8.80. The standard InChI is InChI=1S/C9H12N2O5/c1-4-3-10-16-7(4)8(13)11-6(5(2)12)9(14)15/h3,5-6,12H,1-2H3,(H,11,13)(H,14,15). The Hall–Kier alpha value is -1.89. The highest BCUT2D eigenvalue weighted by Crippen LogP contribution is 2.06. The lowest BCUT2D eigenvalue weighted by Crippen LogP contribution is -2.47. The largest absolute Gasteiger partial charge is 0.480 e. The second kappa shape index (κ2) is 4.75. The number of amides is 1. The van der Waals surface area contributed by atoms with Gasteiger partial charge in [0.15, 0.2) is 6.04 Å². The molecule has 0 aliphatic rings. The number of hydrogen-bond donors (Lipinski definition) is 3. The number of rotatable bonds is 4. The molecule has 1 aromatic rings. The highest BCUT2D eigenvalue weighted by molar-refractivity contribution is 5.95. The predicted molar refractivity (Wildman–Crippen MR) is 51.8 cm³/mol. The molecule has 0 saturated heterocycles. The summed E-state index contributed by atoms with van der Waals surface area (Å²) in [4.78, 5) is 22.2. The zero-order valence-electron chi connectivity index (χ0n) is 8.80. The number of aliphatic carboxylic acids is 1. The van der Waals surface area contributed by atoms with Crippen LogP contribution in [0.4, 0.5) is 0 Å². The van der Waals surface area contributed by atoms with Crippen molar-refractivity contribution >= 4 is 11.9 Å². The van der Waals surface area contributed by atoms with Crippen molar-refractivity contribution in [2.75, 3.05) is 0 Å². The van der Waals surface area contributed by atoms with Crippen molar-refractivity contribution < 1.29 is 24.3 Å². The zero-order chi connectivity index (χ0) is 12.3. The number of aryl methyl sites for hydroxylation is 1. The predicted octanol–water partition coefficient (Wildman–Crippen LogP) is -0.453. The van der Waals surface area contributed by atoms with Gasteiger partial charge in [0.25, 0.3) is 5.91 Å². The fraction of sp³-hybridized carbons (Fsp3) is 0.444. The van der Waals surface area contributed by atoms with Crippen LogP contribution in [-0.4, -0.2) is 39.4 Å². The summed E-state index contributed by atoms with van der Waals surface area (Å²) in [6, 6.07) is -1.38. The van der Waals surface area contributed by atoms with E-state index >= 15 is 0 Å². The van der Waals surface area contributed by atoms with Crippen LogP contribution in [0.1, 0.15) is 23.0 Å². The topological polar surface area (TPSA) is 113 Å². The average molecular weight is 228 g/mol. The fourth-order valence-electron chi connectivity index (χ4n) is 1.10. The number of carbonyl (C=O) groups excluding carboxylic acids is 1. The van der Waals surface area contributed by atoms with Crippen LogP contribution in [-0.2, 0) is 4.79 Å². The molecule has 0 spiro atoms. The van der Waals surface area contributed by atoms with Gasteiger partial charge in [-0.15, -0.1) is 0 Å². The molecule has 0 aromatic carbocycles. The Morgan fingerprint density at radius 3 is 2.56 bits per heavy atom. The van der Waals surface area contributed by atoms with Crippen molar-refractivity contribution in [3.8, 4) is 0 Å². The van der Waals surface area contributed by atoms with Crippen molar-refractivity contribution in [2.24, 2.45) is 0 Å². The molecule has 0 aliphatic carbocycles. The SMILES string of the molecule is Cc1cnoc1C(=O)NC(C(=O)O)C(C)O. The fourth-order valence-corrected chi connectivity index (χ4v) is 1.10. The molecule has 1 heterocycles. The maximum Gasteiger partial charge on any atom is 0.328 e. The first-order chi connectivity index (χ1) is 7.43. The van der Waals surface area contributed by atoms with Gasteiger partial charge in [0.2, 0.25) is 5.76 Å². The average Bonchev–Trinajstić information content (AvgIpc) is 2.59. The third kappa shape index (κ3) is 2.57. The summed E-state index contributed by atoms with van der Waals surface area (Å²) < 4.78 is 4.65. The van der Waals surface area contributed by atoms with Crippen molar-refractivity contribution in [3.63, 3.8) is 0 Å². The molecule has 0 bridgehead atoms. The van der Waals surface area contributed by atoms with E-state index in [1.54, 1.807) is 6.92 Å². The van der Waals surface area contributed by atoms with E-state index in [0.717, 1.165) is 0 Å². The Labute approximate surface area is 91.0 Å². The number of nitrogens with one attached hydrogen (secondary N) is 1. The first kappa shape index (κ1) is 12.2. The van der Waals surface area contributed by atoms with Gasteiger partial charge in [0, 0.05) is 5.56 Å². The summed E-state index contributed by atoms with van der Waals surface area (Å²) in [7, 11) is 0. The second-order valence-electron chi connectivity index (χ2n) is 3.37. The first-order valence-corrected chi connectivity index (χ1v) is 4.56. The van der Waals surface area contributed by atoms with E-state index in [-0.39, 0.29) is 5.76 Å². The summed E-state index contributed by atoms with van der Waals surface area (Å²) in [5, 5.41) is 23.4. The van der Waals surface area contributed by atoms with Crippen molar-refractivity contribution in [1.82, 2.24) is 10.5 Å². The smallest absolute Gasteiger partial charge is 0.328 e. The van der Waals surface area contributed by atoms with Crippen molar-refractivity contribution in [1.29, 1.82) is 0 Å². The Morgan fingerprint density at radius 2 is 2.19 bits per heavy atom. The van der Waals surface area contributed by atoms with Gasteiger partial charge in [-0.1, -0.05) is 5.16 Å². The van der Waals surface area contributed by atoms with E-state index in [4.69, 9.17) is 10.2 Å². The van der Waals surface area contributed by atoms with E-state index in [9.17, 15) is 9.59 Å². The van der Waals surface area contributed by atoms with Gasteiger partial charge in [0.1, 0.15) is 0 Å². The summed E-state index contributed by atoms with van der Waals surface area (Å²) >= 11 is 0. The lowest BCUT2D eigenvalue weighted by atomic mass is 10.1. The normalized spacial score (nSPS) is 14.2. The van der Waals surface area contributed by atoms with Gasteiger partial charge in [-0.25, -0.2) is 4.79 Å². The number of carboxylic acids is 1. The van der Waals surface area contributed by atoms with Crippen LogP contribution < -0.4 is 5.32 Å². The van der Waals surface area contributed by atoms with E-state index in [1.165, 1.54) is 13.1 Å². The Balaban J connectivity index is 2.77. The molecule has 1 amide bonds. The lowest BCUT2D eigenvalue weighted by molar-refractivity contribution is -0.141. The maximum absolute atomic E-state index is 11.5. The molecule has 0 fully saturated rings. The van der Waals surface area contributed by atoms with Crippen LogP contribution in [0.5, 0.6) is 0 Å². The molecule has 0 radical (unpaired) electrons. The number of aliphatic hydroxyl groups is 1. The molecular formula is C9H12N2O5. The number of aliphatic hydroxyl groups excluding tert-OH is 1. The minimum absolute atomic E-state index is 0.0631. The van der Waals surface area contributed by atoms with Gasteiger partial charge < -0.3 is 20.1 Å². The molecule has 0 saturated carbocycles.